The molecule has 0 saturated heterocycles. The minimum Gasteiger partial charge on any atom is -0.399 e. The normalized spacial score (nSPS) is 11.0. The molecule has 0 heterocycles. The summed E-state index contributed by atoms with van der Waals surface area (Å²) in [6.45, 7) is 0. The Bertz CT molecular complexity index is 4720. The number of rotatable bonds is 0. The monoisotopic (exact) mass is 1270 g/mol. The summed E-state index contributed by atoms with van der Waals surface area (Å²) < 4.78 is 0. The number of anilines is 16. The van der Waals surface area contributed by atoms with Gasteiger partial charge in [-0.1, -0.05) is 140 Å². The third-order valence-corrected chi connectivity index (χ3v) is 15.0. The summed E-state index contributed by atoms with van der Waals surface area (Å²) in [6.07, 6.45) is 0. The Morgan fingerprint density at radius 1 is 0.177 bits per heavy atom. The second-order valence-corrected chi connectivity index (χ2v) is 21.8. The summed E-state index contributed by atoms with van der Waals surface area (Å²) >= 11 is 0. The van der Waals surface area contributed by atoms with Gasteiger partial charge in [-0.05, 0) is 131 Å². The predicted octanol–water partition coefficient (Wildman–Crippen LogP) is 11.8. The second kappa shape index (κ2) is 30.8. The molecule has 2 aliphatic rings. The van der Waals surface area contributed by atoms with Crippen LogP contribution in [-0.2, 0) is 0 Å². The van der Waals surface area contributed by atoms with Gasteiger partial charge in [0.15, 0.2) is 23.1 Å². The Balaban J connectivity index is 0.000000143. The fourth-order valence-corrected chi connectivity index (χ4v) is 10.2. The molecule has 13 aromatic carbocycles. The summed E-state index contributed by atoms with van der Waals surface area (Å²) in [7, 11) is 0. The van der Waals surface area contributed by atoms with Crippen molar-refractivity contribution in [2.45, 2.75) is 0 Å². The third kappa shape index (κ3) is 16.2. The van der Waals surface area contributed by atoms with Gasteiger partial charge in [-0.25, -0.2) is 0 Å². The van der Waals surface area contributed by atoms with Crippen molar-refractivity contribution in [3.05, 3.63) is 299 Å². The number of ketones is 4. The van der Waals surface area contributed by atoms with Crippen molar-refractivity contribution in [3.8, 4) is 0 Å². The van der Waals surface area contributed by atoms with Gasteiger partial charge in [0.25, 0.3) is 0 Å². The zero-order valence-electron chi connectivity index (χ0n) is 52.1. The average Bonchev–Trinajstić information content (AvgIpc) is 0.756. The van der Waals surface area contributed by atoms with Gasteiger partial charge in [0.05, 0.1) is 45.0 Å². The number of nitrogens with two attached hydrogens (primary N) is 16. The first-order chi connectivity index (χ1) is 45.9. The first-order valence-electron chi connectivity index (χ1n) is 29.6. The van der Waals surface area contributed by atoms with Gasteiger partial charge >= 0.3 is 0 Å². The summed E-state index contributed by atoms with van der Waals surface area (Å²) in [4.78, 5) is 49.4. The molecule has 20 heteroatoms. The van der Waals surface area contributed by atoms with Crippen LogP contribution in [0.5, 0.6) is 0 Å². The fraction of sp³-hybridized carbons (Fsp3) is 0. The second-order valence-electron chi connectivity index (χ2n) is 21.8. The van der Waals surface area contributed by atoms with Gasteiger partial charge in [0, 0.05) is 107 Å². The topological polar surface area (TPSA) is 485 Å². The number of carbonyl (C=O) groups is 4. The third-order valence-electron chi connectivity index (χ3n) is 15.0. The lowest BCUT2D eigenvalue weighted by molar-refractivity contribution is 0.0980. The van der Waals surface area contributed by atoms with Gasteiger partial charge in [0.1, 0.15) is 0 Å². The summed E-state index contributed by atoms with van der Waals surface area (Å²) in [5, 5.41) is 6.36. The van der Waals surface area contributed by atoms with Crippen LogP contribution >= 0.6 is 0 Å². The highest BCUT2D eigenvalue weighted by Crippen LogP contribution is 2.36. The zero-order valence-corrected chi connectivity index (χ0v) is 52.1. The molecular formula is C76H74N16O4. The van der Waals surface area contributed by atoms with Gasteiger partial charge < -0.3 is 91.7 Å². The molecule has 0 bridgehead atoms. The Morgan fingerprint density at radius 3 is 0.823 bits per heavy atom. The van der Waals surface area contributed by atoms with Gasteiger partial charge in [-0.2, -0.15) is 0 Å². The highest BCUT2D eigenvalue weighted by Gasteiger charge is 2.34. The van der Waals surface area contributed by atoms with E-state index in [9.17, 15) is 19.2 Å². The van der Waals surface area contributed by atoms with Crippen molar-refractivity contribution in [3.63, 3.8) is 0 Å². The van der Waals surface area contributed by atoms with Crippen molar-refractivity contribution < 1.29 is 19.2 Å². The summed E-state index contributed by atoms with van der Waals surface area (Å²) in [5.74, 6) is -0.981. The molecule has 0 amide bonds. The zero-order chi connectivity index (χ0) is 69.3. The molecular weight excluding hydrogens is 1200 g/mol. The number of carbonyl (C=O) groups excluding carboxylic acids is 4. The molecule has 0 saturated carbocycles. The van der Waals surface area contributed by atoms with Crippen LogP contribution < -0.4 is 91.7 Å². The molecule has 0 spiro atoms. The molecule has 96 heavy (non-hydrogen) atoms. The van der Waals surface area contributed by atoms with E-state index < -0.39 is 0 Å². The molecule has 13 aromatic rings. The number of fused-ring (bicyclic) bond motifs is 7. The number of benzene rings is 13. The van der Waals surface area contributed by atoms with E-state index in [1.54, 1.807) is 127 Å². The Kier molecular flexibility index (Phi) is 21.8. The first-order valence-corrected chi connectivity index (χ1v) is 29.6. The van der Waals surface area contributed by atoms with E-state index in [0.29, 0.717) is 67.8 Å². The molecule has 0 radical (unpaired) electrons. The fourth-order valence-electron chi connectivity index (χ4n) is 10.2. The Labute approximate surface area is 554 Å². The molecule has 0 aliphatic heterocycles. The molecule has 0 aromatic heterocycles. The molecule has 20 nitrogen and oxygen atoms in total. The van der Waals surface area contributed by atoms with Gasteiger partial charge in [-0.15, -0.1) is 0 Å². The van der Waals surface area contributed by atoms with Crippen molar-refractivity contribution in [2.24, 2.45) is 0 Å². The van der Waals surface area contributed by atoms with Crippen LogP contribution in [0.25, 0.3) is 32.3 Å². The van der Waals surface area contributed by atoms with E-state index in [1.807, 2.05) is 127 Å². The minimum absolute atomic E-state index is 0.221. The maximum Gasteiger partial charge on any atom is 0.196 e. The van der Waals surface area contributed by atoms with Crippen molar-refractivity contribution in [1.82, 2.24) is 0 Å². The maximum atomic E-state index is 12.3. The summed E-state index contributed by atoms with van der Waals surface area (Å²) in [5.41, 5.74) is 102. The number of hydrogen-bond donors (Lipinski definition) is 16. The van der Waals surface area contributed by atoms with E-state index in [-0.39, 0.29) is 56.8 Å². The predicted molar refractivity (Wildman–Crippen MR) is 401 cm³/mol. The number of hydrogen-bond acceptors (Lipinski definition) is 20. The van der Waals surface area contributed by atoms with E-state index >= 15 is 0 Å². The van der Waals surface area contributed by atoms with Crippen LogP contribution in [0.3, 0.4) is 0 Å². The lowest BCUT2D eigenvalue weighted by Gasteiger charge is -2.20. The maximum absolute atomic E-state index is 12.3. The molecule has 32 N–H and O–H groups in total. The van der Waals surface area contributed by atoms with E-state index in [2.05, 4.69) is 0 Å². The van der Waals surface area contributed by atoms with Crippen LogP contribution in [0, 0.1) is 0 Å². The quantitative estimate of drug-likeness (QED) is 0.0627. The first kappa shape index (κ1) is 68.0. The molecule has 482 valence electrons. The van der Waals surface area contributed by atoms with E-state index in [4.69, 9.17) is 91.7 Å². The van der Waals surface area contributed by atoms with Crippen LogP contribution in [0.15, 0.2) is 255 Å². The largest absolute Gasteiger partial charge is 0.399 e. The van der Waals surface area contributed by atoms with Crippen LogP contribution in [0.1, 0.15) is 63.7 Å². The van der Waals surface area contributed by atoms with Crippen molar-refractivity contribution >= 4 is 146 Å². The lowest BCUT2D eigenvalue weighted by Crippen LogP contribution is -2.23. The average molecular weight is 1280 g/mol. The molecule has 0 fully saturated rings. The highest BCUT2D eigenvalue weighted by molar-refractivity contribution is 6.32. The summed E-state index contributed by atoms with van der Waals surface area (Å²) in [6, 6.07) is 75.9. The van der Waals surface area contributed by atoms with Crippen molar-refractivity contribution in [2.75, 3.05) is 91.7 Å². The van der Waals surface area contributed by atoms with E-state index in [1.165, 1.54) is 0 Å². The van der Waals surface area contributed by atoms with Crippen LogP contribution in [-0.4, -0.2) is 23.1 Å². The standard InChI is InChI=1S/2C14H10N2O2.3C10H10N2.3C6H8N2/c15-9-5-1-3-7-11(9)14(18)8-4-2-6-10(16)12(8)13(7)17;15-9-5-6-10(16)12-11(9)13(17)7-3-1-2-4-8(7)14(12)18;11-9-5-1-3-7-8(9)4-2-6-10(7)12;11-8-5-1-3-7-4-2-6-9(12)10(7)8;11-9-5-7-3-1-2-4-8(7)6-10(9)12;7-5-1-2-6(8)4-3-5;7-5-2-1-3-6(8)4-5;7-5-3-1-2-4-6(5)8/h2*1-6H,15-16H2;3*1-6H,11-12H2;3*1-4H,7-8H2. The number of nitrogen functional groups attached to an aromatic ring is 16. The van der Waals surface area contributed by atoms with Gasteiger partial charge in [0.2, 0.25) is 0 Å². The Hall–Kier alpha value is -13.9. The smallest absolute Gasteiger partial charge is 0.196 e. The number of para-hydroxylation sites is 2. The van der Waals surface area contributed by atoms with Crippen LogP contribution in [0.2, 0.25) is 0 Å². The molecule has 2 aliphatic carbocycles. The molecule has 0 unspecified atom stereocenters. The highest BCUT2D eigenvalue weighted by atomic mass is 16.1. The van der Waals surface area contributed by atoms with Gasteiger partial charge in [-0.3, -0.25) is 19.2 Å². The molecule has 15 rings (SSSR count). The van der Waals surface area contributed by atoms with Crippen molar-refractivity contribution in [1.29, 1.82) is 0 Å². The lowest BCUT2D eigenvalue weighted by atomic mass is 9.82. The Morgan fingerprint density at radius 2 is 0.458 bits per heavy atom. The van der Waals surface area contributed by atoms with E-state index in [0.717, 1.165) is 66.4 Å². The van der Waals surface area contributed by atoms with Crippen LogP contribution in [0.4, 0.5) is 91.0 Å². The minimum atomic E-state index is -0.245. The molecule has 0 atom stereocenters. The SMILES string of the molecule is Nc1cc2ccccc2cc1N.Nc1ccc(N)c2c1C(=O)c1ccccc1C2=O.Nc1ccc(N)cc1.Nc1cccc(N)c1.Nc1cccc2c(N)cccc12.Nc1cccc2c1C(=O)c1cccc(N)c1C2=O.Nc1cccc2cccc(N)c12.Nc1ccccc1N.